The second-order valence-corrected chi connectivity index (χ2v) is 5.96. The lowest BCUT2D eigenvalue weighted by Crippen LogP contribution is -2.25. The molecule has 1 aliphatic carbocycles. The van der Waals surface area contributed by atoms with Crippen LogP contribution < -0.4 is 5.73 Å². The van der Waals surface area contributed by atoms with Gasteiger partial charge in [0.05, 0.1) is 11.0 Å². The number of nitrogens with zero attached hydrogens (tertiary/aromatic N) is 2. The van der Waals surface area contributed by atoms with Crippen LogP contribution in [-0.2, 0) is 6.54 Å². The normalized spacial score (nSPS) is 23.9. The Morgan fingerprint density at radius 2 is 2.28 bits per heavy atom. The summed E-state index contributed by atoms with van der Waals surface area (Å²) in [6.07, 6.45) is 3.52. The van der Waals surface area contributed by atoms with Gasteiger partial charge < -0.3 is 10.3 Å². The third-order valence-corrected chi connectivity index (χ3v) is 4.45. The van der Waals surface area contributed by atoms with Gasteiger partial charge in [0.25, 0.3) is 0 Å². The Bertz CT molecular complexity index is 576. The summed E-state index contributed by atoms with van der Waals surface area (Å²) in [5.41, 5.74) is 8.51. The maximum atomic E-state index is 6.22. The Balaban J connectivity index is 2.16. The molecule has 1 aromatic heterocycles. The van der Waals surface area contributed by atoms with Gasteiger partial charge in [0, 0.05) is 23.0 Å². The van der Waals surface area contributed by atoms with E-state index in [0.29, 0.717) is 5.92 Å². The van der Waals surface area contributed by atoms with Crippen LogP contribution in [0.25, 0.3) is 11.0 Å². The zero-order valence-corrected chi connectivity index (χ0v) is 12.2. The highest BCUT2D eigenvalue weighted by Crippen LogP contribution is 2.34. The molecule has 0 spiro atoms. The number of benzene rings is 1. The molecule has 3 nitrogen and oxygen atoms in total. The molecule has 0 amide bonds. The fourth-order valence-electron chi connectivity index (χ4n) is 3.05. The van der Waals surface area contributed by atoms with Gasteiger partial charge in [-0.2, -0.15) is 0 Å². The molecule has 4 heteroatoms. The second kappa shape index (κ2) is 4.67. The predicted molar refractivity (Wildman–Crippen MR) is 77.7 cm³/mol. The first-order valence-corrected chi connectivity index (χ1v) is 7.41. The number of fused-ring (bicyclic) bond motifs is 1. The molecule has 0 saturated heterocycles. The number of hydrogen-bond donors (Lipinski definition) is 1. The molecule has 3 rings (SSSR count). The summed E-state index contributed by atoms with van der Waals surface area (Å²) < 4.78 is 3.40. The van der Waals surface area contributed by atoms with Crippen LogP contribution in [-0.4, -0.2) is 15.6 Å². The Labute approximate surface area is 116 Å². The summed E-state index contributed by atoms with van der Waals surface area (Å²) in [6.45, 7) is 3.13. The van der Waals surface area contributed by atoms with Crippen LogP contribution in [0.15, 0.2) is 22.7 Å². The van der Waals surface area contributed by atoms with E-state index in [-0.39, 0.29) is 6.04 Å². The molecule has 1 heterocycles. The maximum absolute atomic E-state index is 6.22. The second-order valence-electron chi connectivity index (χ2n) is 5.05. The van der Waals surface area contributed by atoms with Crippen molar-refractivity contribution in [2.45, 2.75) is 44.7 Å². The van der Waals surface area contributed by atoms with E-state index in [2.05, 4.69) is 45.6 Å². The van der Waals surface area contributed by atoms with Crippen LogP contribution in [0.2, 0.25) is 0 Å². The van der Waals surface area contributed by atoms with E-state index in [1.54, 1.807) is 0 Å². The lowest BCUT2D eigenvalue weighted by atomic mass is 10.0. The van der Waals surface area contributed by atoms with E-state index < -0.39 is 0 Å². The molecule has 1 aliphatic rings. The summed E-state index contributed by atoms with van der Waals surface area (Å²) >= 11 is 3.51. The van der Waals surface area contributed by atoms with Crippen molar-refractivity contribution in [2.24, 2.45) is 5.73 Å². The average Bonchev–Trinajstić information content (AvgIpc) is 2.91. The maximum Gasteiger partial charge on any atom is 0.114 e. The van der Waals surface area contributed by atoms with Crippen LogP contribution in [0.1, 0.15) is 37.9 Å². The number of aryl methyl sites for hydroxylation is 1. The number of imidazole rings is 1. The van der Waals surface area contributed by atoms with E-state index in [0.717, 1.165) is 23.0 Å². The molecule has 0 aliphatic heterocycles. The fourth-order valence-corrected chi connectivity index (χ4v) is 3.40. The fraction of sp³-hybridized carbons (Fsp3) is 0.500. The zero-order chi connectivity index (χ0) is 12.7. The molecule has 1 aromatic carbocycles. The van der Waals surface area contributed by atoms with Gasteiger partial charge in [-0.1, -0.05) is 22.4 Å². The van der Waals surface area contributed by atoms with Crippen LogP contribution in [0.3, 0.4) is 0 Å². The van der Waals surface area contributed by atoms with Gasteiger partial charge in [-0.25, -0.2) is 4.98 Å². The molecule has 18 heavy (non-hydrogen) atoms. The summed E-state index contributed by atoms with van der Waals surface area (Å²) in [5.74, 6) is 1.60. The first-order valence-electron chi connectivity index (χ1n) is 6.62. The highest BCUT2D eigenvalue weighted by Gasteiger charge is 2.29. The van der Waals surface area contributed by atoms with Gasteiger partial charge in [0.1, 0.15) is 5.82 Å². The van der Waals surface area contributed by atoms with Crippen molar-refractivity contribution < 1.29 is 0 Å². The monoisotopic (exact) mass is 307 g/mol. The van der Waals surface area contributed by atoms with Gasteiger partial charge in [0.15, 0.2) is 0 Å². The number of halogens is 1. The molecule has 96 valence electrons. The first-order chi connectivity index (χ1) is 8.70. The molecule has 1 fully saturated rings. The summed E-state index contributed by atoms with van der Waals surface area (Å²) in [7, 11) is 0. The minimum Gasteiger partial charge on any atom is -0.328 e. The molecular weight excluding hydrogens is 290 g/mol. The minimum absolute atomic E-state index is 0.274. The van der Waals surface area contributed by atoms with Crippen molar-refractivity contribution in [3.05, 3.63) is 28.5 Å². The smallest absolute Gasteiger partial charge is 0.114 e. The van der Waals surface area contributed by atoms with Crippen molar-refractivity contribution >= 4 is 27.0 Å². The third kappa shape index (κ3) is 1.88. The van der Waals surface area contributed by atoms with Crippen molar-refractivity contribution in [2.75, 3.05) is 0 Å². The van der Waals surface area contributed by atoms with Gasteiger partial charge >= 0.3 is 0 Å². The molecule has 2 N–H and O–H groups in total. The molecule has 0 radical (unpaired) electrons. The Morgan fingerprint density at radius 3 is 2.94 bits per heavy atom. The highest BCUT2D eigenvalue weighted by atomic mass is 79.9. The van der Waals surface area contributed by atoms with Gasteiger partial charge in [0.2, 0.25) is 0 Å². The number of rotatable bonds is 2. The van der Waals surface area contributed by atoms with Crippen LogP contribution in [0.4, 0.5) is 0 Å². The SMILES string of the molecule is CCn1c(C2CCCC2N)nc2cc(Br)ccc21. The Hall–Kier alpha value is -0.870. The zero-order valence-electron chi connectivity index (χ0n) is 10.6. The predicted octanol–water partition coefficient (Wildman–Crippen LogP) is 3.41. The number of nitrogens with two attached hydrogens (primary N) is 1. The van der Waals surface area contributed by atoms with Crippen LogP contribution >= 0.6 is 15.9 Å². The molecule has 1 saturated carbocycles. The minimum atomic E-state index is 0.274. The largest absolute Gasteiger partial charge is 0.328 e. The van der Waals surface area contributed by atoms with E-state index in [4.69, 9.17) is 10.7 Å². The molecule has 0 bridgehead atoms. The van der Waals surface area contributed by atoms with Crippen LogP contribution in [0, 0.1) is 0 Å². The van der Waals surface area contributed by atoms with Crippen molar-refractivity contribution in [3.63, 3.8) is 0 Å². The van der Waals surface area contributed by atoms with E-state index >= 15 is 0 Å². The quantitative estimate of drug-likeness (QED) is 0.924. The van der Waals surface area contributed by atoms with Crippen LogP contribution in [0.5, 0.6) is 0 Å². The number of hydrogen-bond acceptors (Lipinski definition) is 2. The highest BCUT2D eigenvalue weighted by molar-refractivity contribution is 9.10. The molecule has 2 aromatic rings. The average molecular weight is 308 g/mol. The topological polar surface area (TPSA) is 43.8 Å². The van der Waals surface area contributed by atoms with Gasteiger partial charge in [-0.3, -0.25) is 0 Å². The first kappa shape index (κ1) is 12.2. The van der Waals surface area contributed by atoms with Gasteiger partial charge in [-0.15, -0.1) is 0 Å². The van der Waals surface area contributed by atoms with E-state index in [9.17, 15) is 0 Å². The third-order valence-electron chi connectivity index (χ3n) is 3.96. The summed E-state index contributed by atoms with van der Waals surface area (Å²) in [6, 6.07) is 6.58. The summed E-state index contributed by atoms with van der Waals surface area (Å²) in [5, 5.41) is 0. The van der Waals surface area contributed by atoms with Gasteiger partial charge in [-0.05, 0) is 38.0 Å². The van der Waals surface area contributed by atoms with Crippen molar-refractivity contribution in [1.82, 2.24) is 9.55 Å². The van der Waals surface area contributed by atoms with E-state index in [1.165, 1.54) is 24.2 Å². The molecular formula is C14H18BrN3. The number of aromatic nitrogens is 2. The molecule has 2 atom stereocenters. The Kier molecular flexibility index (Phi) is 3.16. The molecule has 2 unspecified atom stereocenters. The Morgan fingerprint density at radius 1 is 1.44 bits per heavy atom. The summed E-state index contributed by atoms with van der Waals surface area (Å²) in [4.78, 5) is 4.83. The lowest BCUT2D eigenvalue weighted by Gasteiger charge is -2.16. The van der Waals surface area contributed by atoms with Crippen molar-refractivity contribution in [3.8, 4) is 0 Å². The lowest BCUT2D eigenvalue weighted by molar-refractivity contribution is 0.550. The standard InChI is InChI=1S/C14H18BrN3/c1-2-18-13-7-6-9(15)8-12(13)17-14(18)10-4-3-5-11(10)16/h6-8,10-11H,2-5,16H2,1H3. The van der Waals surface area contributed by atoms with Crippen molar-refractivity contribution in [1.29, 1.82) is 0 Å². The van der Waals surface area contributed by atoms with E-state index in [1.807, 2.05) is 0 Å².